The third-order valence-electron chi connectivity index (χ3n) is 5.73. The average Bonchev–Trinajstić information content (AvgIpc) is 2.81. The van der Waals surface area contributed by atoms with Gasteiger partial charge in [-0.2, -0.15) is 11.8 Å². The van der Waals surface area contributed by atoms with Gasteiger partial charge in [0.25, 0.3) is 0 Å². The SMILES string of the molecule is CCOC(=O)C(CCc1ccc(OC)c(OC)c1)NC(C)C(=O)N1CCSCC1(C)C(=O)O. The van der Waals surface area contributed by atoms with Crippen molar-refractivity contribution in [2.75, 3.05) is 38.9 Å². The van der Waals surface area contributed by atoms with E-state index in [0.29, 0.717) is 42.4 Å². The van der Waals surface area contributed by atoms with Crippen molar-refractivity contribution in [1.82, 2.24) is 10.2 Å². The predicted molar refractivity (Wildman–Crippen MR) is 126 cm³/mol. The lowest BCUT2D eigenvalue weighted by Gasteiger charge is -2.42. The summed E-state index contributed by atoms with van der Waals surface area (Å²) < 4.78 is 15.8. The summed E-state index contributed by atoms with van der Waals surface area (Å²) in [7, 11) is 3.12. The van der Waals surface area contributed by atoms with E-state index in [1.165, 1.54) is 16.7 Å². The lowest BCUT2D eigenvalue weighted by atomic mass is 10.0. The molecule has 3 atom stereocenters. The van der Waals surface area contributed by atoms with Crippen molar-refractivity contribution < 1.29 is 33.7 Å². The molecule has 1 aliphatic heterocycles. The molecule has 1 heterocycles. The number of nitrogens with zero attached hydrogens (tertiary/aromatic N) is 1. The number of hydrogen-bond donors (Lipinski definition) is 2. The molecule has 1 aliphatic rings. The molecule has 0 aromatic heterocycles. The number of methoxy groups -OCH3 is 2. The highest BCUT2D eigenvalue weighted by molar-refractivity contribution is 7.99. The van der Waals surface area contributed by atoms with Crippen molar-refractivity contribution in [2.45, 2.75) is 51.2 Å². The summed E-state index contributed by atoms with van der Waals surface area (Å²) in [6.45, 7) is 5.49. The van der Waals surface area contributed by atoms with E-state index in [2.05, 4.69) is 5.32 Å². The average molecular weight is 483 g/mol. The van der Waals surface area contributed by atoms with Gasteiger partial charge in [-0.15, -0.1) is 0 Å². The Labute approximate surface area is 199 Å². The van der Waals surface area contributed by atoms with Gasteiger partial charge in [0.15, 0.2) is 11.5 Å². The van der Waals surface area contributed by atoms with Crippen LogP contribution >= 0.6 is 11.8 Å². The first-order valence-corrected chi connectivity index (χ1v) is 12.1. The van der Waals surface area contributed by atoms with Crippen LogP contribution in [-0.2, 0) is 25.5 Å². The fraction of sp³-hybridized carbons (Fsp3) is 0.609. The van der Waals surface area contributed by atoms with Crippen LogP contribution in [0.25, 0.3) is 0 Å². The Bertz CT molecular complexity index is 850. The molecular weight excluding hydrogens is 448 g/mol. The summed E-state index contributed by atoms with van der Waals surface area (Å²) in [4.78, 5) is 39.0. The number of carboxylic acids is 1. The van der Waals surface area contributed by atoms with Crippen molar-refractivity contribution in [2.24, 2.45) is 0 Å². The minimum absolute atomic E-state index is 0.218. The van der Waals surface area contributed by atoms with E-state index in [1.54, 1.807) is 41.1 Å². The van der Waals surface area contributed by atoms with Crippen LogP contribution in [0.1, 0.15) is 32.8 Å². The van der Waals surface area contributed by atoms with Crippen LogP contribution in [0.4, 0.5) is 0 Å². The molecule has 0 saturated carbocycles. The summed E-state index contributed by atoms with van der Waals surface area (Å²) in [5, 5.41) is 12.8. The molecule has 33 heavy (non-hydrogen) atoms. The molecule has 0 spiro atoms. The Hall–Kier alpha value is -2.46. The zero-order chi connectivity index (χ0) is 24.6. The number of amides is 1. The zero-order valence-corrected chi connectivity index (χ0v) is 20.7. The molecule has 1 saturated heterocycles. The van der Waals surface area contributed by atoms with Gasteiger partial charge in [0, 0.05) is 18.1 Å². The lowest BCUT2D eigenvalue weighted by molar-refractivity contribution is -0.157. The van der Waals surface area contributed by atoms with Crippen LogP contribution in [0.2, 0.25) is 0 Å². The Morgan fingerprint density at radius 1 is 1.24 bits per heavy atom. The van der Waals surface area contributed by atoms with E-state index < -0.39 is 29.6 Å². The first-order chi connectivity index (χ1) is 15.7. The fourth-order valence-corrected chi connectivity index (χ4v) is 4.88. The summed E-state index contributed by atoms with van der Waals surface area (Å²) in [5.74, 6) is 0.361. The highest BCUT2D eigenvalue weighted by Crippen LogP contribution is 2.29. The first-order valence-electron chi connectivity index (χ1n) is 10.9. The van der Waals surface area contributed by atoms with Gasteiger partial charge in [0.05, 0.1) is 26.9 Å². The first kappa shape index (κ1) is 26.8. The van der Waals surface area contributed by atoms with Gasteiger partial charge in [0.1, 0.15) is 11.6 Å². The van der Waals surface area contributed by atoms with E-state index in [0.717, 1.165) is 5.56 Å². The maximum Gasteiger partial charge on any atom is 0.330 e. The molecule has 9 nitrogen and oxygen atoms in total. The van der Waals surface area contributed by atoms with Gasteiger partial charge in [-0.3, -0.25) is 14.9 Å². The normalized spacial score (nSPS) is 20.0. The Morgan fingerprint density at radius 2 is 1.94 bits per heavy atom. The molecule has 2 rings (SSSR count). The smallest absolute Gasteiger partial charge is 0.330 e. The second-order valence-electron chi connectivity index (χ2n) is 8.04. The molecule has 0 radical (unpaired) electrons. The number of thioether (sulfide) groups is 1. The van der Waals surface area contributed by atoms with Gasteiger partial charge in [-0.1, -0.05) is 6.07 Å². The molecule has 3 unspecified atom stereocenters. The molecule has 0 bridgehead atoms. The Kier molecular flexibility index (Phi) is 9.85. The topological polar surface area (TPSA) is 114 Å². The highest BCUT2D eigenvalue weighted by Gasteiger charge is 2.45. The van der Waals surface area contributed by atoms with Crippen LogP contribution in [0.15, 0.2) is 18.2 Å². The molecule has 1 amide bonds. The van der Waals surface area contributed by atoms with Crippen LogP contribution in [0.3, 0.4) is 0 Å². The molecule has 184 valence electrons. The quantitative estimate of drug-likeness (QED) is 0.457. The highest BCUT2D eigenvalue weighted by atomic mass is 32.2. The number of aryl methyl sites for hydroxylation is 1. The second kappa shape index (κ2) is 12.1. The largest absolute Gasteiger partial charge is 0.493 e. The van der Waals surface area contributed by atoms with Crippen molar-refractivity contribution in [3.8, 4) is 11.5 Å². The molecule has 2 N–H and O–H groups in total. The number of hydrogen-bond acceptors (Lipinski definition) is 8. The van der Waals surface area contributed by atoms with E-state index in [9.17, 15) is 19.5 Å². The molecule has 1 fully saturated rings. The van der Waals surface area contributed by atoms with Gasteiger partial charge < -0.3 is 24.2 Å². The summed E-state index contributed by atoms with van der Waals surface area (Å²) in [6.07, 6.45) is 0.920. The van der Waals surface area contributed by atoms with Crippen LogP contribution in [0.5, 0.6) is 11.5 Å². The third-order valence-corrected chi connectivity index (χ3v) is 6.96. The van der Waals surface area contributed by atoms with Gasteiger partial charge in [-0.05, 0) is 51.3 Å². The fourth-order valence-electron chi connectivity index (χ4n) is 3.75. The lowest BCUT2D eigenvalue weighted by Crippen LogP contribution is -2.63. The van der Waals surface area contributed by atoms with E-state index >= 15 is 0 Å². The molecule has 1 aromatic rings. The monoisotopic (exact) mass is 482 g/mol. The number of aliphatic carboxylic acids is 1. The standard InChI is InChI=1S/C23H34N2O7S/c1-6-32-21(27)17(9-7-16-8-10-18(30-4)19(13-16)31-5)24-15(2)20(26)25-11-12-33-14-23(25,3)22(28)29/h8,10,13,15,17,24H,6-7,9,11-12,14H2,1-5H3,(H,28,29). The van der Waals surface area contributed by atoms with Crippen molar-refractivity contribution >= 4 is 29.6 Å². The number of benzene rings is 1. The number of carbonyl (C=O) groups is 3. The number of ether oxygens (including phenoxy) is 3. The molecule has 1 aromatic carbocycles. The summed E-state index contributed by atoms with van der Waals surface area (Å²) >= 11 is 1.51. The molecule has 0 aliphatic carbocycles. The van der Waals surface area contributed by atoms with Gasteiger partial charge in [-0.25, -0.2) is 4.79 Å². The zero-order valence-electron chi connectivity index (χ0n) is 19.9. The predicted octanol–water partition coefficient (Wildman–Crippen LogP) is 1.96. The number of rotatable bonds is 11. The molecular formula is C23H34N2O7S. The minimum atomic E-state index is -1.28. The van der Waals surface area contributed by atoms with E-state index in [-0.39, 0.29) is 12.5 Å². The number of esters is 1. The Morgan fingerprint density at radius 3 is 2.55 bits per heavy atom. The number of nitrogens with one attached hydrogen (secondary N) is 1. The maximum absolute atomic E-state index is 13.2. The second-order valence-corrected chi connectivity index (χ2v) is 9.15. The Balaban J connectivity index is 2.13. The number of carbonyl (C=O) groups excluding carboxylic acids is 2. The van der Waals surface area contributed by atoms with Crippen molar-refractivity contribution in [1.29, 1.82) is 0 Å². The summed E-state index contributed by atoms with van der Waals surface area (Å²) in [5.41, 5.74) is -0.344. The van der Waals surface area contributed by atoms with Crippen molar-refractivity contribution in [3.63, 3.8) is 0 Å². The third kappa shape index (κ3) is 6.54. The van der Waals surface area contributed by atoms with Gasteiger partial charge >= 0.3 is 11.9 Å². The van der Waals surface area contributed by atoms with Crippen LogP contribution in [-0.4, -0.2) is 84.4 Å². The van der Waals surface area contributed by atoms with Crippen LogP contribution in [0, 0.1) is 0 Å². The van der Waals surface area contributed by atoms with E-state index in [4.69, 9.17) is 14.2 Å². The maximum atomic E-state index is 13.2. The van der Waals surface area contributed by atoms with Crippen molar-refractivity contribution in [3.05, 3.63) is 23.8 Å². The van der Waals surface area contributed by atoms with E-state index in [1.807, 2.05) is 12.1 Å². The minimum Gasteiger partial charge on any atom is -0.493 e. The number of carboxylic acid groups (broad SMARTS) is 1. The van der Waals surface area contributed by atoms with Crippen LogP contribution < -0.4 is 14.8 Å². The van der Waals surface area contributed by atoms with Gasteiger partial charge in [0.2, 0.25) is 5.91 Å². The molecule has 10 heteroatoms. The summed E-state index contributed by atoms with van der Waals surface area (Å²) in [6, 6.07) is 4.05.